The van der Waals surface area contributed by atoms with Crippen molar-refractivity contribution in [1.82, 2.24) is 4.68 Å². The molecule has 1 aromatic heterocycles. The van der Waals surface area contributed by atoms with Gasteiger partial charge in [0, 0.05) is 20.0 Å². The van der Waals surface area contributed by atoms with E-state index in [1.807, 2.05) is 13.0 Å². The Bertz CT molecular complexity index is 1450. The van der Waals surface area contributed by atoms with Gasteiger partial charge in [0.1, 0.15) is 11.5 Å². The summed E-state index contributed by atoms with van der Waals surface area (Å²) in [5, 5.41) is 5.71. The van der Waals surface area contributed by atoms with E-state index in [-0.39, 0.29) is 11.4 Å². The number of nitrogens with one attached hydrogen (secondary N) is 3. The predicted octanol–water partition coefficient (Wildman–Crippen LogP) is 5.57. The van der Waals surface area contributed by atoms with Crippen molar-refractivity contribution in [1.29, 1.82) is 0 Å². The highest BCUT2D eigenvalue weighted by atomic mass is 79.9. The molecule has 0 bridgehead atoms. The number of amides is 3. The second-order valence-corrected chi connectivity index (χ2v) is 9.19. The number of hydrogen-bond acceptors (Lipinski definition) is 3. The van der Waals surface area contributed by atoms with Gasteiger partial charge in [0.15, 0.2) is 0 Å². The molecule has 1 heterocycles. The highest BCUT2D eigenvalue weighted by Gasteiger charge is 2.22. The van der Waals surface area contributed by atoms with E-state index in [2.05, 4.69) is 47.9 Å². The molecule has 0 saturated heterocycles. The van der Waals surface area contributed by atoms with Gasteiger partial charge >= 0.3 is 11.8 Å². The zero-order valence-corrected chi connectivity index (χ0v) is 20.8. The lowest BCUT2D eigenvalue weighted by atomic mass is 10.2. The fourth-order valence-electron chi connectivity index (χ4n) is 3.32. The molecular formula is C24H17Br2FN4O3. The Morgan fingerprint density at radius 2 is 1.53 bits per heavy atom. The van der Waals surface area contributed by atoms with Gasteiger partial charge in [-0.15, -0.1) is 0 Å². The van der Waals surface area contributed by atoms with Gasteiger partial charge in [-0.2, -0.15) is 0 Å². The Morgan fingerprint density at radius 1 is 0.824 bits per heavy atom. The van der Waals surface area contributed by atoms with Gasteiger partial charge in [-0.3, -0.25) is 19.8 Å². The molecule has 4 rings (SSSR count). The second kappa shape index (κ2) is 9.78. The largest absolute Gasteiger partial charge is 0.328 e. The topological polar surface area (TPSA) is 92.2 Å². The van der Waals surface area contributed by atoms with Crippen LogP contribution in [-0.4, -0.2) is 22.4 Å². The van der Waals surface area contributed by atoms with Gasteiger partial charge in [-0.05, 0) is 67.1 Å². The molecule has 0 atom stereocenters. The lowest BCUT2D eigenvalue weighted by molar-refractivity contribution is -0.133. The summed E-state index contributed by atoms with van der Waals surface area (Å²) in [7, 11) is 0. The third-order valence-corrected chi connectivity index (χ3v) is 5.96. The highest BCUT2D eigenvalue weighted by Crippen LogP contribution is 2.25. The van der Waals surface area contributed by atoms with Crippen LogP contribution in [0.5, 0.6) is 0 Å². The van der Waals surface area contributed by atoms with Crippen molar-refractivity contribution in [2.75, 3.05) is 16.1 Å². The smallest absolute Gasteiger partial charge is 0.320 e. The Hall–Kier alpha value is -3.50. The first-order valence-electron chi connectivity index (χ1n) is 9.98. The second-order valence-electron chi connectivity index (χ2n) is 7.36. The van der Waals surface area contributed by atoms with Crippen molar-refractivity contribution in [3.63, 3.8) is 0 Å². The summed E-state index contributed by atoms with van der Waals surface area (Å²) in [4.78, 5) is 38.2. The lowest BCUT2D eigenvalue weighted by Gasteiger charge is -2.14. The van der Waals surface area contributed by atoms with E-state index in [1.165, 1.54) is 22.9 Å². The fraction of sp³-hybridized carbons (Fsp3) is 0.0417. The molecule has 3 amide bonds. The maximum absolute atomic E-state index is 13.9. The maximum Gasteiger partial charge on any atom is 0.328 e. The monoisotopic (exact) mass is 586 g/mol. The number of hydrogen-bond donors (Lipinski definition) is 3. The quantitative estimate of drug-likeness (QED) is 0.272. The normalized spacial score (nSPS) is 10.7. The number of anilines is 2. The van der Waals surface area contributed by atoms with E-state index in [4.69, 9.17) is 0 Å². The molecule has 4 aromatic rings. The summed E-state index contributed by atoms with van der Waals surface area (Å²) in [6.07, 6.45) is 0. The Morgan fingerprint density at radius 3 is 2.26 bits per heavy atom. The fourth-order valence-corrected chi connectivity index (χ4v) is 4.18. The zero-order valence-electron chi connectivity index (χ0n) is 17.7. The summed E-state index contributed by atoms with van der Waals surface area (Å²) < 4.78 is 16.7. The van der Waals surface area contributed by atoms with Crippen molar-refractivity contribution in [3.8, 4) is 0 Å². The molecule has 0 aliphatic heterocycles. The summed E-state index contributed by atoms with van der Waals surface area (Å²) in [6, 6.07) is 17.7. The van der Waals surface area contributed by atoms with Crippen LogP contribution in [-0.2, 0) is 9.59 Å². The molecule has 7 nitrogen and oxygen atoms in total. The minimum Gasteiger partial charge on any atom is -0.320 e. The van der Waals surface area contributed by atoms with Crippen molar-refractivity contribution in [3.05, 3.63) is 92.8 Å². The number of aromatic nitrogens is 1. The number of rotatable bonds is 4. The van der Waals surface area contributed by atoms with E-state index in [0.29, 0.717) is 16.6 Å². The average molecular weight is 588 g/mol. The van der Waals surface area contributed by atoms with E-state index in [0.717, 1.165) is 20.6 Å². The highest BCUT2D eigenvalue weighted by molar-refractivity contribution is 9.10. The van der Waals surface area contributed by atoms with Crippen molar-refractivity contribution in [2.24, 2.45) is 0 Å². The number of para-hydroxylation sites is 1. The summed E-state index contributed by atoms with van der Waals surface area (Å²) in [5.41, 5.74) is 4.33. The van der Waals surface area contributed by atoms with Crippen molar-refractivity contribution in [2.45, 2.75) is 6.92 Å². The number of halogens is 3. The van der Waals surface area contributed by atoms with Gasteiger partial charge in [0.2, 0.25) is 0 Å². The number of aryl methyl sites for hydroxylation is 1. The van der Waals surface area contributed by atoms with Gasteiger partial charge in [-0.1, -0.05) is 44.0 Å². The number of carbonyl (C=O) groups is 3. The van der Waals surface area contributed by atoms with Crippen LogP contribution in [0.4, 0.5) is 15.8 Å². The molecule has 10 heteroatoms. The molecule has 0 saturated carbocycles. The Labute approximate surface area is 210 Å². The van der Waals surface area contributed by atoms with E-state index in [1.54, 1.807) is 36.4 Å². The lowest BCUT2D eigenvalue weighted by Crippen LogP contribution is -2.36. The average Bonchev–Trinajstić information content (AvgIpc) is 3.14. The molecular weight excluding hydrogens is 571 g/mol. The first-order valence-corrected chi connectivity index (χ1v) is 11.6. The molecule has 0 radical (unpaired) electrons. The Kier molecular flexibility index (Phi) is 6.80. The summed E-state index contributed by atoms with van der Waals surface area (Å²) in [6.45, 7) is 1.85. The molecule has 172 valence electrons. The number of nitrogens with zero attached hydrogens (tertiary/aromatic N) is 1. The maximum atomic E-state index is 13.9. The van der Waals surface area contributed by atoms with Gasteiger partial charge in [0.05, 0.1) is 11.2 Å². The minimum absolute atomic E-state index is 0.0995. The number of fused-ring (bicyclic) bond motifs is 1. The van der Waals surface area contributed by atoms with Crippen molar-refractivity contribution >= 4 is 71.9 Å². The van der Waals surface area contributed by atoms with E-state index < -0.39 is 23.5 Å². The van der Waals surface area contributed by atoms with Crippen LogP contribution >= 0.6 is 31.9 Å². The standard InChI is InChI=1S/C24H17Br2FN4O3/c1-13-10-15(25)6-8-18(13)28-22(32)21-12-14-11-16(26)7-9-20(14)31(21)30-24(34)23(33)29-19-5-3-2-4-17(19)27/h2-12H,1H3,(H,28,32)(H,29,33)(H,30,34). The van der Waals surface area contributed by atoms with E-state index >= 15 is 0 Å². The van der Waals surface area contributed by atoms with Crippen LogP contribution in [0.2, 0.25) is 0 Å². The molecule has 34 heavy (non-hydrogen) atoms. The first-order chi connectivity index (χ1) is 16.2. The van der Waals surface area contributed by atoms with E-state index in [9.17, 15) is 18.8 Å². The van der Waals surface area contributed by atoms with Gasteiger partial charge in [-0.25, -0.2) is 9.07 Å². The predicted molar refractivity (Wildman–Crippen MR) is 136 cm³/mol. The molecule has 3 aromatic carbocycles. The molecule has 0 fully saturated rings. The van der Waals surface area contributed by atoms with Crippen LogP contribution in [0, 0.1) is 12.7 Å². The third-order valence-electron chi connectivity index (χ3n) is 4.97. The van der Waals surface area contributed by atoms with Gasteiger partial charge < -0.3 is 10.6 Å². The summed E-state index contributed by atoms with van der Waals surface area (Å²) in [5.74, 6) is -3.32. The molecule has 0 spiro atoms. The van der Waals surface area contributed by atoms with Crippen LogP contribution in [0.15, 0.2) is 75.7 Å². The number of benzene rings is 3. The molecule has 0 aliphatic carbocycles. The molecule has 3 N–H and O–H groups in total. The first kappa shape index (κ1) is 23.7. The van der Waals surface area contributed by atoms with Crippen LogP contribution in [0.25, 0.3) is 10.9 Å². The molecule has 0 unspecified atom stereocenters. The SMILES string of the molecule is Cc1cc(Br)ccc1NC(=O)c1cc2cc(Br)ccc2n1NC(=O)C(=O)Nc1ccccc1F. The number of carbonyl (C=O) groups excluding carboxylic acids is 3. The van der Waals surface area contributed by atoms with Crippen LogP contribution in [0.1, 0.15) is 16.1 Å². The Balaban J connectivity index is 1.65. The van der Waals surface area contributed by atoms with Gasteiger partial charge in [0.25, 0.3) is 5.91 Å². The zero-order chi connectivity index (χ0) is 24.4. The minimum atomic E-state index is -1.08. The van der Waals surface area contributed by atoms with Crippen molar-refractivity contribution < 1.29 is 18.8 Å². The van der Waals surface area contributed by atoms with Crippen LogP contribution in [0.3, 0.4) is 0 Å². The molecule has 0 aliphatic rings. The summed E-state index contributed by atoms with van der Waals surface area (Å²) >= 11 is 6.78. The van der Waals surface area contributed by atoms with Crippen LogP contribution < -0.4 is 16.1 Å². The third kappa shape index (κ3) is 5.02.